The Morgan fingerprint density at radius 2 is 1.92 bits per heavy atom. The minimum Gasteiger partial charge on any atom is -0.384 e. The maximum Gasteiger partial charge on any atom is 0.416 e. The zero-order valence-electron chi connectivity index (χ0n) is 13.7. The molecular weight excluding hydrogens is 381 g/mol. The molecule has 1 aliphatic rings. The van der Waals surface area contributed by atoms with E-state index in [1.165, 1.54) is 0 Å². The fraction of sp³-hybridized carbons (Fsp3) is 0.600. The van der Waals surface area contributed by atoms with Gasteiger partial charge in [0, 0.05) is 19.1 Å². The van der Waals surface area contributed by atoms with Gasteiger partial charge in [-0.1, -0.05) is 6.07 Å². The molecule has 1 aromatic carbocycles. The standard InChI is InChI=1S/C15H21F3N2O3S.ClH/c1-23-11-14(5-7-19-8-6-14)10-20-24(21,22)13-4-2-3-12(9-13)15(16,17)18;/h2-4,9,19-20H,5-8,10-11H2,1H3;1H. The molecule has 0 aliphatic carbocycles. The van der Waals surface area contributed by atoms with E-state index >= 15 is 0 Å². The zero-order chi connectivity index (χ0) is 17.8. The van der Waals surface area contributed by atoms with E-state index in [0.717, 1.165) is 44.1 Å². The number of hydrogen-bond acceptors (Lipinski definition) is 4. The number of methoxy groups -OCH3 is 1. The summed E-state index contributed by atoms with van der Waals surface area (Å²) >= 11 is 0. The van der Waals surface area contributed by atoms with Crippen LogP contribution in [0, 0.1) is 5.41 Å². The summed E-state index contributed by atoms with van der Waals surface area (Å²) in [5.74, 6) is 0. The van der Waals surface area contributed by atoms with Crippen LogP contribution in [0.15, 0.2) is 29.2 Å². The largest absolute Gasteiger partial charge is 0.416 e. The van der Waals surface area contributed by atoms with Crippen LogP contribution in [0.5, 0.6) is 0 Å². The quantitative estimate of drug-likeness (QED) is 0.767. The molecule has 0 unspecified atom stereocenters. The highest BCUT2D eigenvalue weighted by molar-refractivity contribution is 7.89. The van der Waals surface area contributed by atoms with Crippen LogP contribution in [0.2, 0.25) is 0 Å². The van der Waals surface area contributed by atoms with Gasteiger partial charge in [0.05, 0.1) is 17.1 Å². The normalized spacial score (nSPS) is 17.8. The summed E-state index contributed by atoms with van der Waals surface area (Å²) in [6, 6.07) is 3.74. The summed E-state index contributed by atoms with van der Waals surface area (Å²) in [4.78, 5) is -0.390. The number of piperidine rings is 1. The van der Waals surface area contributed by atoms with Crippen molar-refractivity contribution in [1.82, 2.24) is 10.0 Å². The molecule has 0 radical (unpaired) electrons. The third-order valence-electron chi connectivity index (χ3n) is 4.22. The van der Waals surface area contributed by atoms with Crippen molar-refractivity contribution in [3.8, 4) is 0 Å². The summed E-state index contributed by atoms with van der Waals surface area (Å²) in [5.41, 5.74) is -1.34. The highest BCUT2D eigenvalue weighted by Gasteiger charge is 2.35. The van der Waals surface area contributed by atoms with Gasteiger partial charge >= 0.3 is 6.18 Å². The maximum absolute atomic E-state index is 12.8. The molecule has 2 rings (SSSR count). The molecule has 1 aliphatic heterocycles. The number of hydrogen-bond donors (Lipinski definition) is 2. The van der Waals surface area contributed by atoms with E-state index < -0.39 is 21.8 Å². The number of ether oxygens (including phenoxy) is 1. The molecule has 0 bridgehead atoms. The van der Waals surface area contributed by atoms with Gasteiger partial charge in [0.15, 0.2) is 0 Å². The van der Waals surface area contributed by atoms with Crippen molar-refractivity contribution in [2.24, 2.45) is 5.41 Å². The molecule has 5 nitrogen and oxygen atoms in total. The predicted molar refractivity (Wildman–Crippen MR) is 90.3 cm³/mol. The van der Waals surface area contributed by atoms with Crippen LogP contribution in [-0.2, 0) is 20.9 Å². The molecule has 2 N–H and O–H groups in total. The molecule has 1 saturated heterocycles. The van der Waals surface area contributed by atoms with Gasteiger partial charge in [-0.15, -0.1) is 12.4 Å². The Kier molecular flexibility index (Phi) is 7.70. The molecule has 1 heterocycles. The molecule has 1 aromatic rings. The van der Waals surface area contributed by atoms with Gasteiger partial charge in [-0.25, -0.2) is 13.1 Å². The smallest absolute Gasteiger partial charge is 0.384 e. The molecule has 0 atom stereocenters. The van der Waals surface area contributed by atoms with Gasteiger partial charge in [0.2, 0.25) is 10.0 Å². The van der Waals surface area contributed by atoms with Gasteiger partial charge < -0.3 is 10.1 Å². The van der Waals surface area contributed by atoms with E-state index in [1.54, 1.807) is 7.11 Å². The Morgan fingerprint density at radius 3 is 2.48 bits per heavy atom. The van der Waals surface area contributed by atoms with E-state index in [-0.39, 0.29) is 29.3 Å². The second kappa shape index (κ2) is 8.68. The van der Waals surface area contributed by atoms with Crippen LogP contribution in [0.4, 0.5) is 13.2 Å². The summed E-state index contributed by atoms with van der Waals surface area (Å²) in [7, 11) is -2.48. The van der Waals surface area contributed by atoms with Crippen LogP contribution < -0.4 is 10.0 Å². The van der Waals surface area contributed by atoms with Crippen molar-refractivity contribution in [2.45, 2.75) is 23.9 Å². The Hall–Kier alpha value is -0.870. The molecule has 1 fully saturated rings. The van der Waals surface area contributed by atoms with Crippen molar-refractivity contribution >= 4 is 22.4 Å². The number of halogens is 4. The van der Waals surface area contributed by atoms with Gasteiger partial charge in [0.25, 0.3) is 0 Å². The number of nitrogens with one attached hydrogen (secondary N) is 2. The van der Waals surface area contributed by atoms with Crippen molar-refractivity contribution in [2.75, 3.05) is 33.4 Å². The van der Waals surface area contributed by atoms with E-state index in [0.29, 0.717) is 12.7 Å². The summed E-state index contributed by atoms with van der Waals surface area (Å²) in [5, 5.41) is 3.19. The topological polar surface area (TPSA) is 67.4 Å². The monoisotopic (exact) mass is 402 g/mol. The van der Waals surface area contributed by atoms with Crippen molar-refractivity contribution in [1.29, 1.82) is 0 Å². The van der Waals surface area contributed by atoms with Crippen LogP contribution in [-0.4, -0.2) is 41.8 Å². The lowest BCUT2D eigenvalue weighted by atomic mass is 9.80. The average Bonchev–Trinajstić information content (AvgIpc) is 2.54. The summed E-state index contributed by atoms with van der Waals surface area (Å²) in [6.45, 7) is 2.00. The number of sulfonamides is 1. The zero-order valence-corrected chi connectivity index (χ0v) is 15.4. The minimum absolute atomic E-state index is 0. The maximum atomic E-state index is 12.8. The lowest BCUT2D eigenvalue weighted by molar-refractivity contribution is -0.137. The number of benzene rings is 1. The highest BCUT2D eigenvalue weighted by atomic mass is 35.5. The first kappa shape index (κ1) is 22.2. The van der Waals surface area contributed by atoms with Crippen LogP contribution in [0.3, 0.4) is 0 Å². The van der Waals surface area contributed by atoms with Crippen molar-refractivity contribution in [3.63, 3.8) is 0 Å². The Labute approximate surface area is 151 Å². The molecule has 25 heavy (non-hydrogen) atoms. The summed E-state index contributed by atoms with van der Waals surface area (Å²) in [6.07, 6.45) is -3.13. The van der Waals surface area contributed by atoms with E-state index in [2.05, 4.69) is 10.0 Å². The van der Waals surface area contributed by atoms with Crippen molar-refractivity contribution < 1.29 is 26.3 Å². The first-order chi connectivity index (χ1) is 11.2. The molecule has 0 aromatic heterocycles. The van der Waals surface area contributed by atoms with Gasteiger partial charge in [-0.05, 0) is 44.1 Å². The molecule has 10 heteroatoms. The molecule has 0 spiro atoms. The van der Waals surface area contributed by atoms with Crippen molar-refractivity contribution in [3.05, 3.63) is 29.8 Å². The Bertz CT molecular complexity index is 657. The van der Waals surface area contributed by atoms with E-state index in [9.17, 15) is 21.6 Å². The third kappa shape index (κ3) is 5.82. The fourth-order valence-corrected chi connectivity index (χ4v) is 4.01. The SMILES string of the molecule is COCC1(CNS(=O)(=O)c2cccc(C(F)(F)F)c2)CCNCC1.Cl. The minimum atomic E-state index is -4.59. The highest BCUT2D eigenvalue weighted by Crippen LogP contribution is 2.31. The fourth-order valence-electron chi connectivity index (χ4n) is 2.81. The third-order valence-corrected chi connectivity index (χ3v) is 5.62. The van der Waals surface area contributed by atoms with E-state index in [4.69, 9.17) is 4.74 Å². The molecule has 0 amide bonds. The van der Waals surface area contributed by atoms with Gasteiger partial charge in [-0.2, -0.15) is 13.2 Å². The predicted octanol–water partition coefficient (Wildman–Crippen LogP) is 2.42. The lowest BCUT2D eigenvalue weighted by Crippen LogP contribution is -2.47. The van der Waals surface area contributed by atoms with Crippen LogP contribution in [0.25, 0.3) is 0 Å². The molecule has 144 valence electrons. The van der Waals surface area contributed by atoms with Crippen LogP contribution >= 0.6 is 12.4 Å². The Morgan fingerprint density at radius 1 is 1.28 bits per heavy atom. The second-order valence-electron chi connectivity index (χ2n) is 6.03. The second-order valence-corrected chi connectivity index (χ2v) is 7.80. The average molecular weight is 403 g/mol. The lowest BCUT2D eigenvalue weighted by Gasteiger charge is -2.37. The number of rotatable bonds is 6. The first-order valence-electron chi connectivity index (χ1n) is 7.55. The summed E-state index contributed by atoms with van der Waals surface area (Å²) < 4.78 is 70.7. The first-order valence-corrected chi connectivity index (χ1v) is 9.03. The number of alkyl halides is 3. The Balaban J connectivity index is 0.00000312. The van der Waals surface area contributed by atoms with Gasteiger partial charge in [0.1, 0.15) is 0 Å². The molecular formula is C15H22ClF3N2O3S. The van der Waals surface area contributed by atoms with E-state index in [1.807, 2.05) is 0 Å². The molecule has 0 saturated carbocycles. The van der Waals surface area contributed by atoms with Crippen LogP contribution in [0.1, 0.15) is 18.4 Å². The van der Waals surface area contributed by atoms with Gasteiger partial charge in [-0.3, -0.25) is 0 Å².